The molecule has 0 unspecified atom stereocenters. The van der Waals surface area contributed by atoms with Gasteiger partial charge >= 0.3 is 5.77 Å². The molecule has 1 heterocycles. The molecule has 0 aromatic heterocycles. The topological polar surface area (TPSA) is 81.6 Å². The van der Waals surface area contributed by atoms with E-state index in [-0.39, 0.29) is 0 Å². The van der Waals surface area contributed by atoms with Crippen LogP contribution in [0.5, 0.6) is 0 Å². The lowest BCUT2D eigenvalue weighted by atomic mass is 10.4. The highest BCUT2D eigenvalue weighted by atomic mass is 33.1. The molecule has 0 aromatic carbocycles. The third kappa shape index (κ3) is 4.01. The highest BCUT2D eigenvalue weighted by Crippen LogP contribution is 2.67. The van der Waals surface area contributed by atoms with Crippen molar-refractivity contribution in [2.75, 3.05) is 13.1 Å². The molecule has 4 N–H and O–H groups in total. The smallest absolute Gasteiger partial charge is 0.269 e. The molecule has 0 aromatic rings. The summed E-state index contributed by atoms with van der Waals surface area (Å²) in [7, 11) is 0. The van der Waals surface area contributed by atoms with E-state index in [1.165, 1.54) is 0 Å². The number of hydrogen-bond donors (Lipinski definition) is 2. The van der Waals surface area contributed by atoms with E-state index in [2.05, 4.69) is 0 Å². The summed E-state index contributed by atoms with van der Waals surface area (Å²) in [4.78, 5) is 0. The van der Waals surface area contributed by atoms with Crippen molar-refractivity contribution in [2.45, 2.75) is 12.8 Å². The monoisotopic (exact) mass is 261 g/mol. The zero-order chi connectivity index (χ0) is 9.73. The minimum atomic E-state index is -2.92. The van der Waals surface area contributed by atoms with Crippen LogP contribution in [0.1, 0.15) is 12.8 Å². The van der Waals surface area contributed by atoms with Gasteiger partial charge in [-0.05, 0) is 12.8 Å². The van der Waals surface area contributed by atoms with Crippen LogP contribution in [0.3, 0.4) is 0 Å². The molecule has 1 fully saturated rings. The predicted molar refractivity (Wildman–Crippen MR) is 60.6 cm³/mol. The molecule has 1 rings (SSSR count). The zero-order valence-corrected chi connectivity index (χ0v) is 10.3. The van der Waals surface area contributed by atoms with Crippen LogP contribution in [0.2, 0.25) is 0 Å². The number of nitrogens with two attached hydrogens (primary N) is 2. The molecule has 0 spiro atoms. The lowest BCUT2D eigenvalue weighted by molar-refractivity contribution is 0.508. The highest BCUT2D eigenvalue weighted by molar-refractivity contribution is 8.88. The van der Waals surface area contributed by atoms with Crippen LogP contribution >= 0.6 is 41.1 Å². The van der Waals surface area contributed by atoms with Gasteiger partial charge in [-0.3, -0.25) is 14.8 Å². The third-order valence-corrected chi connectivity index (χ3v) is 7.84. The van der Waals surface area contributed by atoms with Crippen LogP contribution in [0.15, 0.2) is 0 Å². The summed E-state index contributed by atoms with van der Waals surface area (Å²) < 4.78 is 18.6. The maximum atomic E-state index is 11.5. The first-order chi connectivity index (χ1) is 6.20. The molecule has 0 radical (unpaired) electrons. The zero-order valence-electron chi connectivity index (χ0n) is 6.92. The molecule has 0 amide bonds. The van der Waals surface area contributed by atoms with E-state index in [0.29, 0.717) is 23.1 Å². The van der Waals surface area contributed by atoms with Gasteiger partial charge in [0.2, 0.25) is 0 Å². The molecule has 13 heavy (non-hydrogen) atoms. The Morgan fingerprint density at radius 1 is 1.23 bits per heavy atom. The summed E-state index contributed by atoms with van der Waals surface area (Å²) in [6, 6.07) is 0. The van der Waals surface area contributed by atoms with Gasteiger partial charge in [0.15, 0.2) is 0 Å². The van der Waals surface area contributed by atoms with Crippen molar-refractivity contribution in [3.05, 3.63) is 0 Å². The van der Waals surface area contributed by atoms with E-state index < -0.39 is 5.77 Å². The summed E-state index contributed by atoms with van der Waals surface area (Å²) >= 11 is 2.47. The maximum Gasteiger partial charge on any atom is 0.353 e. The van der Waals surface area contributed by atoms with E-state index in [1.54, 1.807) is 0 Å². The Bertz CT molecular complexity index is 193. The van der Waals surface area contributed by atoms with Crippen molar-refractivity contribution in [1.29, 1.82) is 0 Å². The van der Waals surface area contributed by atoms with Crippen LogP contribution in [0, 0.1) is 0 Å². The molecular formula is C4H12N3O2PS3. The first-order valence-corrected chi connectivity index (χ1v) is 8.98. The average molecular weight is 261 g/mol. The van der Waals surface area contributed by atoms with Crippen molar-refractivity contribution in [3.63, 3.8) is 0 Å². The van der Waals surface area contributed by atoms with Gasteiger partial charge in [0.25, 0.3) is 0 Å². The number of hydrogen-bond acceptors (Lipinski definition) is 8. The molecule has 1 aliphatic heterocycles. The first kappa shape index (κ1) is 12.2. The van der Waals surface area contributed by atoms with Gasteiger partial charge in [0.05, 0.1) is 12.2 Å². The summed E-state index contributed by atoms with van der Waals surface area (Å²) in [6.45, 7) is 1.93. The van der Waals surface area contributed by atoms with Crippen molar-refractivity contribution < 1.29 is 8.54 Å². The Balaban J connectivity index is 2.27. The van der Waals surface area contributed by atoms with Crippen LogP contribution in [-0.4, -0.2) is 17.4 Å². The second-order valence-corrected chi connectivity index (χ2v) is 9.86. The average Bonchev–Trinajstić information content (AvgIpc) is 2.67. The molecule has 1 saturated heterocycles. The van der Waals surface area contributed by atoms with Gasteiger partial charge < -0.3 is 0 Å². The summed E-state index contributed by atoms with van der Waals surface area (Å²) in [6.07, 6.45) is 2.32. The van der Waals surface area contributed by atoms with Gasteiger partial charge in [-0.2, -0.15) is 0 Å². The Hall–Kier alpha value is 1.12. The fourth-order valence-electron chi connectivity index (χ4n) is 0.911. The van der Waals surface area contributed by atoms with E-state index in [1.807, 2.05) is 4.31 Å². The number of nitrogens with zero attached hydrogens (tertiary/aromatic N) is 1. The van der Waals surface area contributed by atoms with Gasteiger partial charge in [0, 0.05) is 36.2 Å². The quantitative estimate of drug-likeness (QED) is 0.442. The molecule has 0 atom stereocenters. The van der Waals surface area contributed by atoms with Gasteiger partial charge in [-0.25, -0.2) is 8.28 Å². The minimum Gasteiger partial charge on any atom is -0.269 e. The summed E-state index contributed by atoms with van der Waals surface area (Å²) in [5, 5.41) is 10.4. The fraction of sp³-hybridized carbons (Fsp3) is 1.00. The summed E-state index contributed by atoms with van der Waals surface area (Å²) in [5.41, 5.74) is 0. The van der Waals surface area contributed by atoms with E-state index in [0.717, 1.165) is 38.2 Å². The molecular weight excluding hydrogens is 249 g/mol. The summed E-state index contributed by atoms with van der Waals surface area (Å²) in [5.74, 6) is -2.92. The number of rotatable bonds is 5. The van der Waals surface area contributed by atoms with E-state index >= 15 is 0 Å². The van der Waals surface area contributed by atoms with Crippen molar-refractivity contribution in [3.8, 4) is 0 Å². The fourth-order valence-corrected chi connectivity index (χ4v) is 4.07. The molecule has 0 saturated carbocycles. The third-order valence-electron chi connectivity index (χ3n) is 1.55. The Labute approximate surface area is 90.2 Å². The molecule has 1 aliphatic rings. The van der Waals surface area contributed by atoms with E-state index in [9.17, 15) is 4.57 Å². The minimum absolute atomic E-state index is 0.679. The lowest BCUT2D eigenvalue weighted by Gasteiger charge is -2.15. The standard InChI is InChI=1S/C4H12N3O2PS3/c5-11-10(8,12-6)9-13-7-3-1-2-4-7/h1-6H2. The maximum absolute atomic E-state index is 11.5. The van der Waals surface area contributed by atoms with Crippen molar-refractivity contribution in [1.82, 2.24) is 4.31 Å². The Morgan fingerprint density at radius 2 is 1.77 bits per heavy atom. The molecule has 0 bridgehead atoms. The van der Waals surface area contributed by atoms with Crippen molar-refractivity contribution >= 4 is 41.1 Å². The molecule has 9 heteroatoms. The Morgan fingerprint density at radius 3 is 2.23 bits per heavy atom. The normalized spacial score (nSPS) is 19.5. The molecule has 0 aliphatic carbocycles. The van der Waals surface area contributed by atoms with Crippen LogP contribution in [0.4, 0.5) is 0 Å². The van der Waals surface area contributed by atoms with Crippen LogP contribution in [0.25, 0.3) is 0 Å². The lowest BCUT2D eigenvalue weighted by Crippen LogP contribution is -2.09. The van der Waals surface area contributed by atoms with Gasteiger partial charge in [-0.1, -0.05) is 0 Å². The Kier molecular flexibility index (Phi) is 5.50. The predicted octanol–water partition coefficient (Wildman–Crippen LogP) is 1.98. The van der Waals surface area contributed by atoms with Gasteiger partial charge in [0.1, 0.15) is 0 Å². The second kappa shape index (κ2) is 5.87. The highest BCUT2D eigenvalue weighted by Gasteiger charge is 2.25. The largest absolute Gasteiger partial charge is 0.353 e. The van der Waals surface area contributed by atoms with Crippen LogP contribution < -0.4 is 10.3 Å². The van der Waals surface area contributed by atoms with Gasteiger partial charge in [-0.15, -0.1) is 0 Å². The second-order valence-electron chi connectivity index (χ2n) is 2.44. The van der Waals surface area contributed by atoms with Crippen molar-refractivity contribution in [2.24, 2.45) is 10.3 Å². The van der Waals surface area contributed by atoms with Crippen LogP contribution in [-0.2, 0) is 8.54 Å². The molecule has 78 valence electrons. The first-order valence-electron chi connectivity index (χ1n) is 3.68. The van der Waals surface area contributed by atoms with E-state index in [4.69, 9.17) is 14.2 Å². The molecule has 5 nitrogen and oxygen atoms in total. The SMILES string of the molecule is NSP(=O)(OSN1CCCC1)SN.